The Labute approximate surface area is 158 Å². The molecule has 1 fully saturated rings. The van der Waals surface area contributed by atoms with Gasteiger partial charge in [0.25, 0.3) is 5.91 Å². The standard InChI is InChI=1S/C20H24F2N2O3.H2/c1-20(2,26)14-4-6-15(7-5-14)24-18(25)13-9-12-3-8-16(27-19(21)22)10-17(12)23-11-13;/h3,8-11,14-15,19,26H,4-7H2,1-2H3,(H,24,25);1H. The first-order chi connectivity index (χ1) is 12.7. The summed E-state index contributed by atoms with van der Waals surface area (Å²) in [6, 6.07) is 6.21. The van der Waals surface area contributed by atoms with Gasteiger partial charge in [0, 0.05) is 25.1 Å². The van der Waals surface area contributed by atoms with E-state index in [9.17, 15) is 18.7 Å². The first kappa shape index (κ1) is 19.5. The molecular weight excluding hydrogens is 354 g/mol. The number of pyridine rings is 1. The largest absolute Gasteiger partial charge is 0.435 e. The normalized spacial score (nSPS) is 20.7. The maximum absolute atomic E-state index is 12.5. The Bertz CT molecular complexity index is 819. The van der Waals surface area contributed by atoms with E-state index in [2.05, 4.69) is 15.0 Å². The maximum Gasteiger partial charge on any atom is 0.387 e. The Hall–Kier alpha value is -2.28. The van der Waals surface area contributed by atoms with E-state index in [-0.39, 0.29) is 25.0 Å². The number of nitrogens with one attached hydrogen (secondary N) is 1. The van der Waals surface area contributed by atoms with Crippen molar-refractivity contribution in [3.8, 4) is 5.75 Å². The number of halogens is 2. The molecule has 1 aromatic heterocycles. The van der Waals surface area contributed by atoms with E-state index in [1.54, 1.807) is 12.1 Å². The summed E-state index contributed by atoms with van der Waals surface area (Å²) in [6.07, 6.45) is 4.84. The highest BCUT2D eigenvalue weighted by molar-refractivity contribution is 5.97. The quantitative estimate of drug-likeness (QED) is 0.818. The topological polar surface area (TPSA) is 71.5 Å². The van der Waals surface area contributed by atoms with Crippen LogP contribution in [0.5, 0.6) is 5.75 Å². The van der Waals surface area contributed by atoms with Crippen LogP contribution in [0.3, 0.4) is 0 Å². The minimum atomic E-state index is -2.89. The monoisotopic (exact) mass is 380 g/mol. The minimum Gasteiger partial charge on any atom is -0.435 e. The van der Waals surface area contributed by atoms with Gasteiger partial charge in [0.05, 0.1) is 16.7 Å². The average Bonchev–Trinajstić information content (AvgIpc) is 2.60. The molecule has 7 heteroatoms. The summed E-state index contributed by atoms with van der Waals surface area (Å²) >= 11 is 0. The Morgan fingerprint density at radius 1 is 1.30 bits per heavy atom. The Morgan fingerprint density at radius 3 is 2.63 bits per heavy atom. The average molecular weight is 380 g/mol. The molecule has 3 rings (SSSR count). The molecule has 0 atom stereocenters. The van der Waals surface area contributed by atoms with E-state index in [1.807, 2.05) is 13.8 Å². The van der Waals surface area contributed by atoms with Gasteiger partial charge in [-0.25, -0.2) is 0 Å². The Kier molecular flexibility index (Phi) is 5.60. The molecule has 0 aliphatic heterocycles. The molecule has 27 heavy (non-hydrogen) atoms. The molecule has 148 valence electrons. The summed E-state index contributed by atoms with van der Waals surface area (Å²) < 4.78 is 28.9. The van der Waals surface area contributed by atoms with Crippen molar-refractivity contribution < 1.29 is 24.8 Å². The number of amides is 1. The van der Waals surface area contributed by atoms with Crippen LogP contribution in [0.15, 0.2) is 30.5 Å². The predicted octanol–water partition coefficient (Wildman–Crippen LogP) is 4.14. The molecule has 0 spiro atoms. The number of carbonyl (C=O) groups excluding carboxylic acids is 1. The molecule has 2 N–H and O–H groups in total. The van der Waals surface area contributed by atoms with Gasteiger partial charge in [-0.1, -0.05) is 0 Å². The van der Waals surface area contributed by atoms with Crippen molar-refractivity contribution in [1.82, 2.24) is 10.3 Å². The Morgan fingerprint density at radius 2 is 2.00 bits per heavy atom. The number of carbonyl (C=O) groups is 1. The fraction of sp³-hybridized carbons (Fsp3) is 0.500. The summed E-state index contributed by atoms with van der Waals surface area (Å²) in [4.78, 5) is 16.7. The van der Waals surface area contributed by atoms with Gasteiger partial charge in [-0.2, -0.15) is 8.78 Å². The molecule has 1 aliphatic carbocycles. The van der Waals surface area contributed by atoms with Crippen molar-refractivity contribution in [1.29, 1.82) is 0 Å². The number of alkyl halides is 2. The SMILES string of the molecule is CC(C)(O)C1CCC(NC(=O)c2cnc3cc(OC(F)F)ccc3c2)CC1.[HH]. The predicted molar refractivity (Wildman–Crippen MR) is 100.0 cm³/mol. The summed E-state index contributed by atoms with van der Waals surface area (Å²) in [6.45, 7) is 0.767. The summed E-state index contributed by atoms with van der Waals surface area (Å²) in [5, 5.41) is 13.8. The molecule has 1 aromatic carbocycles. The van der Waals surface area contributed by atoms with Gasteiger partial charge in [0.1, 0.15) is 5.75 Å². The van der Waals surface area contributed by atoms with Crippen molar-refractivity contribution in [3.63, 3.8) is 0 Å². The summed E-state index contributed by atoms with van der Waals surface area (Å²) in [7, 11) is 0. The molecule has 0 unspecified atom stereocenters. The van der Waals surface area contributed by atoms with Crippen LogP contribution in [0.4, 0.5) is 8.78 Å². The fourth-order valence-corrected chi connectivity index (χ4v) is 3.61. The van der Waals surface area contributed by atoms with Crippen molar-refractivity contribution in [2.24, 2.45) is 5.92 Å². The summed E-state index contributed by atoms with van der Waals surface area (Å²) in [5.74, 6) is 0.0763. The third-order valence-electron chi connectivity index (χ3n) is 5.20. The van der Waals surface area contributed by atoms with Crippen LogP contribution in [0.25, 0.3) is 10.9 Å². The van der Waals surface area contributed by atoms with Gasteiger partial charge >= 0.3 is 6.61 Å². The Balaban J connectivity index is 0.00000280. The number of hydrogen-bond donors (Lipinski definition) is 2. The van der Waals surface area contributed by atoms with E-state index in [0.29, 0.717) is 16.5 Å². The third-order valence-corrected chi connectivity index (χ3v) is 5.20. The third kappa shape index (κ3) is 4.91. The van der Waals surface area contributed by atoms with Gasteiger partial charge in [0.2, 0.25) is 0 Å². The number of ether oxygens (including phenoxy) is 1. The van der Waals surface area contributed by atoms with Crippen LogP contribution >= 0.6 is 0 Å². The van der Waals surface area contributed by atoms with Crippen molar-refractivity contribution in [3.05, 3.63) is 36.0 Å². The molecule has 1 heterocycles. The molecule has 0 radical (unpaired) electrons. The maximum atomic E-state index is 12.5. The lowest BCUT2D eigenvalue weighted by molar-refractivity contribution is -0.0497. The number of aliphatic hydroxyl groups is 1. The van der Waals surface area contributed by atoms with Crippen molar-refractivity contribution in [2.75, 3.05) is 0 Å². The van der Waals surface area contributed by atoms with Crippen LogP contribution in [-0.4, -0.2) is 34.3 Å². The number of fused-ring (bicyclic) bond motifs is 1. The smallest absolute Gasteiger partial charge is 0.387 e. The van der Waals surface area contributed by atoms with E-state index in [1.165, 1.54) is 18.3 Å². The molecule has 1 saturated carbocycles. The number of nitrogens with zero attached hydrogens (tertiary/aromatic N) is 1. The molecule has 0 bridgehead atoms. The van der Waals surface area contributed by atoms with E-state index in [4.69, 9.17) is 0 Å². The lowest BCUT2D eigenvalue weighted by Gasteiger charge is -2.36. The molecule has 1 amide bonds. The molecule has 2 aromatic rings. The van der Waals surface area contributed by atoms with Crippen molar-refractivity contribution in [2.45, 2.75) is 57.8 Å². The second-order valence-corrected chi connectivity index (χ2v) is 7.63. The number of rotatable bonds is 5. The highest BCUT2D eigenvalue weighted by Crippen LogP contribution is 2.32. The number of aromatic nitrogens is 1. The van der Waals surface area contributed by atoms with Gasteiger partial charge in [-0.15, -0.1) is 0 Å². The highest BCUT2D eigenvalue weighted by atomic mass is 19.3. The zero-order chi connectivity index (χ0) is 19.6. The van der Waals surface area contributed by atoms with Crippen LogP contribution in [0.2, 0.25) is 0 Å². The van der Waals surface area contributed by atoms with Gasteiger partial charge in [0.15, 0.2) is 0 Å². The number of benzene rings is 1. The molecule has 1 aliphatic rings. The first-order valence-electron chi connectivity index (χ1n) is 9.10. The van der Waals surface area contributed by atoms with Crippen molar-refractivity contribution >= 4 is 16.8 Å². The van der Waals surface area contributed by atoms with E-state index in [0.717, 1.165) is 25.7 Å². The first-order valence-corrected chi connectivity index (χ1v) is 9.10. The van der Waals surface area contributed by atoms with Crippen LogP contribution < -0.4 is 10.1 Å². The van der Waals surface area contributed by atoms with Crippen LogP contribution in [0, 0.1) is 5.92 Å². The minimum absolute atomic E-state index is 0. The fourth-order valence-electron chi connectivity index (χ4n) is 3.61. The van der Waals surface area contributed by atoms with Gasteiger partial charge in [-0.05, 0) is 63.6 Å². The lowest BCUT2D eigenvalue weighted by Crippen LogP contribution is -2.41. The molecule has 5 nitrogen and oxygen atoms in total. The van der Waals surface area contributed by atoms with E-state index < -0.39 is 12.2 Å². The van der Waals surface area contributed by atoms with Gasteiger partial charge < -0.3 is 15.2 Å². The van der Waals surface area contributed by atoms with Crippen LogP contribution in [-0.2, 0) is 0 Å². The highest BCUT2D eigenvalue weighted by Gasteiger charge is 2.31. The summed E-state index contributed by atoms with van der Waals surface area (Å²) in [5.41, 5.74) is 0.217. The molecule has 0 saturated heterocycles. The number of hydrogen-bond acceptors (Lipinski definition) is 4. The zero-order valence-corrected chi connectivity index (χ0v) is 15.4. The second-order valence-electron chi connectivity index (χ2n) is 7.63. The van der Waals surface area contributed by atoms with Gasteiger partial charge in [-0.3, -0.25) is 9.78 Å². The van der Waals surface area contributed by atoms with E-state index >= 15 is 0 Å². The second kappa shape index (κ2) is 7.76. The van der Waals surface area contributed by atoms with Crippen LogP contribution in [0.1, 0.15) is 51.3 Å². The zero-order valence-electron chi connectivity index (χ0n) is 15.4. The molecular formula is C20H26F2N2O3. The lowest BCUT2D eigenvalue weighted by atomic mass is 9.77.